The molecule has 5 heterocycles. The molecule has 14 unspecified atom stereocenters. The molecular weight excluding hydrogens is 1210 g/mol. The average Bonchev–Trinajstić information content (AvgIpc) is 0.812. The normalized spacial score (nSPS) is 39.9. The van der Waals surface area contributed by atoms with Crippen LogP contribution in [0.5, 0.6) is 0 Å². The number of nitrogens with zero attached hydrogens (tertiary/aromatic N) is 4. The molecule has 34 nitrogen and oxygen atoms in total. The first kappa shape index (κ1) is 79.3. The van der Waals surface area contributed by atoms with Crippen LogP contribution in [0.2, 0.25) is 0 Å². The zero-order valence-electron chi connectivity index (χ0n) is 54.6. The fraction of sp³-hybridized carbons (Fsp3) is 1.00. The topological polar surface area (TPSA) is 442 Å². The van der Waals surface area contributed by atoms with E-state index in [9.17, 15) is 76.6 Å². The summed E-state index contributed by atoms with van der Waals surface area (Å²) in [5.41, 5.74) is 0. The summed E-state index contributed by atoms with van der Waals surface area (Å²) in [4.78, 5) is 0. The SMILES string of the molecule is CO[C@H]1O[C@@H](CO[C@H]2O[C@@H](COCC(O)C[N+](C)(C)C)[C@H](O)C(O)C2O)[C@@H](O[C@@H]2OC(COCC(O)C[N+](C)(C)C)[C@@H](O[C@@H]3O[C@@H](COCC(O)C[N+](C)(C)C)[C@@H](O[C@@H]4OC(COCC(O)C[N+](C)(C)C)[C@@H](OC)[C@@H](O)C4O)C(O)C3O)[C@H](O)C2O)C(O)C1O. The molecule has 0 aromatic heterocycles. The van der Waals surface area contributed by atoms with Crippen LogP contribution in [0.25, 0.3) is 0 Å². The van der Waals surface area contributed by atoms with Crippen LogP contribution in [0.3, 0.4) is 0 Å². The van der Waals surface area contributed by atoms with Crippen molar-refractivity contribution in [1.82, 2.24) is 0 Å². The Balaban J connectivity index is 1.39. The Morgan fingerprint density at radius 2 is 0.544 bits per heavy atom. The minimum Gasteiger partial charge on any atom is -0.387 e. The highest BCUT2D eigenvalue weighted by Crippen LogP contribution is 2.36. The third kappa shape index (κ3) is 23.7. The molecule has 0 aromatic rings. The minimum atomic E-state index is -2.14. The number of methoxy groups -OCH3 is 2. The van der Waals surface area contributed by atoms with Crippen LogP contribution < -0.4 is 0 Å². The van der Waals surface area contributed by atoms with Crippen molar-refractivity contribution in [1.29, 1.82) is 0 Å². The first-order chi connectivity index (χ1) is 41.7. The molecule has 0 radical (unpaired) electrons. The molecule has 5 aliphatic heterocycles. The van der Waals surface area contributed by atoms with Crippen molar-refractivity contribution < 1.29 is 166 Å². The van der Waals surface area contributed by atoms with Gasteiger partial charge >= 0.3 is 0 Å². The zero-order valence-corrected chi connectivity index (χ0v) is 54.6. The van der Waals surface area contributed by atoms with Gasteiger partial charge in [-0.25, -0.2) is 0 Å². The largest absolute Gasteiger partial charge is 0.387 e. The summed E-state index contributed by atoms with van der Waals surface area (Å²) in [5.74, 6) is 0. The second-order valence-corrected chi connectivity index (χ2v) is 28.3. The lowest BCUT2D eigenvalue weighted by molar-refractivity contribution is -0.873. The highest BCUT2D eigenvalue weighted by molar-refractivity contribution is 4.99. The molecule has 0 spiro atoms. The van der Waals surface area contributed by atoms with E-state index < -0.39 is 198 Å². The average molecular weight is 1320 g/mol. The van der Waals surface area contributed by atoms with E-state index in [1.54, 1.807) is 0 Å². The van der Waals surface area contributed by atoms with Gasteiger partial charge in [-0.15, -0.1) is 0 Å². The monoisotopic (exact) mass is 1320 g/mol. The molecule has 0 saturated carbocycles. The number of rotatable bonds is 35. The Bertz CT molecular complexity index is 2040. The Kier molecular flexibility index (Phi) is 30.6. The molecule has 5 rings (SSSR count). The number of hydrogen-bond donors (Lipinski definition) is 15. The van der Waals surface area contributed by atoms with Gasteiger partial charge in [-0.3, -0.25) is 0 Å². The number of quaternary nitrogens is 4. The third-order valence-corrected chi connectivity index (χ3v) is 15.4. The maximum Gasteiger partial charge on any atom is 0.187 e. The summed E-state index contributed by atoms with van der Waals surface area (Å²) in [5, 5.41) is 169. The lowest BCUT2D eigenvalue weighted by atomic mass is 9.95. The first-order valence-electron chi connectivity index (χ1n) is 30.4. The highest BCUT2D eigenvalue weighted by Gasteiger charge is 2.56. The van der Waals surface area contributed by atoms with E-state index in [0.717, 1.165) is 0 Å². The van der Waals surface area contributed by atoms with Gasteiger partial charge in [0.25, 0.3) is 0 Å². The van der Waals surface area contributed by atoms with Gasteiger partial charge < -0.3 is 166 Å². The van der Waals surface area contributed by atoms with Crippen molar-refractivity contribution in [2.75, 3.05) is 184 Å². The highest BCUT2D eigenvalue weighted by atomic mass is 16.8. The molecule has 5 fully saturated rings. The van der Waals surface area contributed by atoms with Crippen LogP contribution in [-0.2, 0) is 71.1 Å². The lowest BCUT2D eigenvalue weighted by Crippen LogP contribution is -2.68. The van der Waals surface area contributed by atoms with Gasteiger partial charge in [-0.2, -0.15) is 0 Å². The van der Waals surface area contributed by atoms with Gasteiger partial charge in [-0.1, -0.05) is 0 Å². The second kappa shape index (κ2) is 34.7. The number of likely N-dealkylation sites (N-methyl/N-ethyl adjacent to an activating group) is 4. The molecule has 90 heavy (non-hydrogen) atoms. The Morgan fingerprint density at radius 3 is 0.856 bits per heavy atom. The van der Waals surface area contributed by atoms with Crippen LogP contribution >= 0.6 is 0 Å². The third-order valence-electron chi connectivity index (χ3n) is 15.4. The number of aliphatic hydroxyl groups excluding tert-OH is 15. The standard InChI is InChI=1S/C56H112N4O30/c1-57(2,3)15-28(61)19-78-23-32-37(65)38(66)43(71)53(83-32)82-27-36-51(40(68)44(72)52(77-14)84-36)90-56-47(75)42(70)50(35(87-56)26-81-22-31(64)18-60(10,11)12)89-55-46(74)41(69)49(34(86-55)25-80-21-30(63)17-59(7,8)9)88-54-45(73)39(67)48(76-13)33(85-54)24-79-20-29(62)16-58(4,5)6/h28-56,61-75H,15-27H2,1-14H3/q+4/t28?,29?,30?,31?,32-,33?,34-,35?,36-,37-,38?,39-,40?,41?,42+,43?,44?,45?,46?,47?,48+,49+,50+,51+,52-,53-,54-,55-,56-/m0/s1. The van der Waals surface area contributed by atoms with E-state index >= 15 is 0 Å². The summed E-state index contributed by atoms with van der Waals surface area (Å²) in [7, 11) is 24.8. The molecular formula is C56H112N4O30+4. The smallest absolute Gasteiger partial charge is 0.187 e. The Morgan fingerprint density at radius 1 is 0.289 bits per heavy atom. The van der Waals surface area contributed by atoms with Crippen molar-refractivity contribution in [3.63, 3.8) is 0 Å². The second-order valence-electron chi connectivity index (χ2n) is 28.3. The van der Waals surface area contributed by atoms with Gasteiger partial charge in [0.1, 0.15) is 173 Å². The molecule has 29 atom stereocenters. The Labute approximate surface area is 526 Å². The summed E-state index contributed by atoms with van der Waals surface area (Å²) in [6.45, 7) is -2.08. The predicted molar refractivity (Wildman–Crippen MR) is 307 cm³/mol. The van der Waals surface area contributed by atoms with Crippen molar-refractivity contribution in [3.8, 4) is 0 Å². The fourth-order valence-corrected chi connectivity index (χ4v) is 11.4. The zero-order chi connectivity index (χ0) is 67.5. The van der Waals surface area contributed by atoms with E-state index in [2.05, 4.69) is 0 Å². The molecule has 0 amide bonds. The lowest BCUT2D eigenvalue weighted by Gasteiger charge is -2.49. The quantitative estimate of drug-likeness (QED) is 0.0262. The van der Waals surface area contributed by atoms with Crippen molar-refractivity contribution >= 4 is 0 Å². The minimum absolute atomic E-state index is 0.128. The summed E-state index contributed by atoms with van der Waals surface area (Å²) < 4.78 is 90.3. The van der Waals surface area contributed by atoms with Crippen LogP contribution in [-0.4, -0.2) is 457 Å². The fourth-order valence-electron chi connectivity index (χ4n) is 11.4. The molecule has 0 aliphatic carbocycles. The summed E-state index contributed by atoms with van der Waals surface area (Å²) in [6, 6.07) is 0. The molecule has 532 valence electrons. The molecule has 5 saturated heterocycles. The van der Waals surface area contributed by atoms with E-state index in [0.29, 0.717) is 31.0 Å². The molecule has 0 bridgehead atoms. The maximum absolute atomic E-state index is 12.1. The predicted octanol–water partition coefficient (Wildman–Crippen LogP) is -10.3. The van der Waals surface area contributed by atoms with E-state index in [1.807, 2.05) is 84.6 Å². The Hall–Kier alpha value is -1.36. The number of ether oxygens (including phenoxy) is 15. The van der Waals surface area contributed by atoms with Gasteiger partial charge in [0, 0.05) is 14.2 Å². The van der Waals surface area contributed by atoms with E-state index in [-0.39, 0.29) is 52.7 Å². The van der Waals surface area contributed by atoms with Crippen molar-refractivity contribution in [2.24, 2.45) is 0 Å². The van der Waals surface area contributed by atoms with Crippen LogP contribution in [0.15, 0.2) is 0 Å². The van der Waals surface area contributed by atoms with Gasteiger partial charge in [0.05, 0.1) is 144 Å². The first-order valence-corrected chi connectivity index (χ1v) is 30.4. The van der Waals surface area contributed by atoms with Crippen LogP contribution in [0, 0.1) is 0 Å². The van der Waals surface area contributed by atoms with Crippen molar-refractivity contribution in [3.05, 3.63) is 0 Å². The van der Waals surface area contributed by atoms with Crippen LogP contribution in [0.4, 0.5) is 0 Å². The van der Waals surface area contributed by atoms with Crippen LogP contribution in [0.1, 0.15) is 0 Å². The van der Waals surface area contributed by atoms with E-state index in [4.69, 9.17) is 71.1 Å². The molecule has 34 heteroatoms. The van der Waals surface area contributed by atoms with E-state index in [1.165, 1.54) is 14.2 Å². The molecule has 0 aromatic carbocycles. The summed E-state index contributed by atoms with van der Waals surface area (Å²) in [6.07, 6.45) is -47.1. The number of hydrogen-bond acceptors (Lipinski definition) is 30. The molecule has 5 aliphatic rings. The molecule has 15 N–H and O–H groups in total. The van der Waals surface area contributed by atoms with Crippen molar-refractivity contribution in [2.45, 2.75) is 178 Å². The van der Waals surface area contributed by atoms with Gasteiger partial charge in [-0.05, 0) is 0 Å². The number of aliphatic hydroxyl groups is 15. The maximum atomic E-state index is 12.1. The van der Waals surface area contributed by atoms with Gasteiger partial charge in [0.2, 0.25) is 0 Å². The summed E-state index contributed by atoms with van der Waals surface area (Å²) >= 11 is 0. The van der Waals surface area contributed by atoms with Gasteiger partial charge in [0.15, 0.2) is 31.5 Å².